The van der Waals surface area contributed by atoms with Gasteiger partial charge < -0.3 is 10.1 Å². The van der Waals surface area contributed by atoms with Crippen LogP contribution in [0.15, 0.2) is 42.6 Å². The van der Waals surface area contributed by atoms with Gasteiger partial charge in [0.05, 0.1) is 30.1 Å². The van der Waals surface area contributed by atoms with E-state index in [1.54, 1.807) is 6.20 Å². The molecule has 0 bridgehead atoms. The molecule has 2 aliphatic rings. The fourth-order valence-corrected chi connectivity index (χ4v) is 3.84. The van der Waals surface area contributed by atoms with Crippen molar-refractivity contribution < 1.29 is 22.7 Å². The molecule has 3 atom stereocenters. The van der Waals surface area contributed by atoms with Gasteiger partial charge in [0.25, 0.3) is 0 Å². The van der Waals surface area contributed by atoms with E-state index in [4.69, 9.17) is 4.74 Å². The van der Waals surface area contributed by atoms with Crippen LogP contribution in [0.3, 0.4) is 0 Å². The van der Waals surface area contributed by atoms with Crippen LogP contribution in [0.2, 0.25) is 0 Å². The van der Waals surface area contributed by atoms with E-state index in [0.29, 0.717) is 24.2 Å². The number of halogens is 3. The molecule has 2 aliphatic carbocycles. The molecule has 2 saturated carbocycles. The van der Waals surface area contributed by atoms with Gasteiger partial charge in [-0.3, -0.25) is 9.78 Å². The minimum Gasteiger partial charge on any atom is -0.491 e. The normalized spacial score (nSPS) is 24.9. The maximum Gasteiger partial charge on any atom is 0.416 e. The van der Waals surface area contributed by atoms with E-state index in [0.717, 1.165) is 23.4 Å². The second-order valence-corrected chi connectivity index (χ2v) is 9.50. The number of hydrogen-bond donors (Lipinski definition) is 1. The van der Waals surface area contributed by atoms with Gasteiger partial charge in [0, 0.05) is 16.7 Å². The molecule has 166 valence electrons. The summed E-state index contributed by atoms with van der Waals surface area (Å²) in [6.45, 7) is 6.66. The first-order valence-electron chi connectivity index (χ1n) is 10.6. The van der Waals surface area contributed by atoms with Gasteiger partial charge in [0.2, 0.25) is 5.91 Å². The number of nitrogens with one attached hydrogen (secondary N) is 1. The molecule has 1 N–H and O–H groups in total. The van der Waals surface area contributed by atoms with E-state index < -0.39 is 17.2 Å². The Morgan fingerprint density at radius 1 is 1.19 bits per heavy atom. The number of aromatic nitrogens is 1. The van der Waals surface area contributed by atoms with Gasteiger partial charge >= 0.3 is 6.18 Å². The average molecular weight is 432 g/mol. The van der Waals surface area contributed by atoms with Crippen molar-refractivity contribution in [3.8, 4) is 5.75 Å². The maximum absolute atomic E-state index is 12.8. The number of amides is 1. The number of nitrogens with zero attached hydrogens (tertiary/aromatic N) is 1. The molecule has 2 aromatic rings. The van der Waals surface area contributed by atoms with Crippen molar-refractivity contribution in [1.29, 1.82) is 0 Å². The Bertz CT molecular complexity index is 952. The first-order chi connectivity index (χ1) is 14.5. The summed E-state index contributed by atoms with van der Waals surface area (Å²) in [7, 11) is 0. The van der Waals surface area contributed by atoms with Gasteiger partial charge in [-0.1, -0.05) is 26.0 Å². The number of pyridine rings is 1. The van der Waals surface area contributed by atoms with Crippen LogP contribution < -0.4 is 10.1 Å². The Hall–Kier alpha value is -2.57. The van der Waals surface area contributed by atoms with Gasteiger partial charge in [-0.15, -0.1) is 0 Å². The third-order valence-corrected chi connectivity index (χ3v) is 6.68. The third-order valence-electron chi connectivity index (χ3n) is 6.68. The Morgan fingerprint density at radius 3 is 2.42 bits per heavy atom. The Morgan fingerprint density at radius 2 is 1.87 bits per heavy atom. The van der Waals surface area contributed by atoms with Gasteiger partial charge in [-0.05, 0) is 56.0 Å². The summed E-state index contributed by atoms with van der Waals surface area (Å²) in [6.07, 6.45) is 0.296. The van der Waals surface area contributed by atoms with E-state index in [9.17, 15) is 18.0 Å². The van der Waals surface area contributed by atoms with E-state index in [1.165, 1.54) is 25.0 Å². The highest BCUT2D eigenvalue weighted by Gasteiger charge is 2.55. The number of benzene rings is 1. The third kappa shape index (κ3) is 4.70. The summed E-state index contributed by atoms with van der Waals surface area (Å²) >= 11 is 0. The Labute approximate surface area is 180 Å². The van der Waals surface area contributed by atoms with Crippen LogP contribution in [0.1, 0.15) is 62.9 Å². The van der Waals surface area contributed by atoms with Crippen LogP contribution in [-0.4, -0.2) is 17.5 Å². The highest BCUT2D eigenvalue weighted by atomic mass is 19.4. The first kappa shape index (κ1) is 21.7. The second kappa shape index (κ2) is 7.53. The summed E-state index contributed by atoms with van der Waals surface area (Å²) in [5.41, 5.74) is 0.648. The zero-order chi connectivity index (χ0) is 22.4. The predicted molar refractivity (Wildman–Crippen MR) is 111 cm³/mol. The van der Waals surface area contributed by atoms with Gasteiger partial charge in [0.1, 0.15) is 5.75 Å². The van der Waals surface area contributed by atoms with E-state index >= 15 is 0 Å². The molecule has 1 amide bonds. The van der Waals surface area contributed by atoms with Crippen molar-refractivity contribution in [2.45, 2.75) is 57.7 Å². The standard InChI is InChI=1S/C24H27F3N2O2/c1-15(20-9-8-18(13-28-20)31-14-22(2)10-11-22)29-21(30)19-12-23(19,3)16-4-6-17(7-5-16)24(25,26)27/h4-9,13,15,19H,10-12,14H2,1-3H3,(H,29,30)/t15-,19-,23-/m1/s1. The lowest BCUT2D eigenvalue weighted by Gasteiger charge is -2.17. The van der Waals surface area contributed by atoms with Crippen LogP contribution in [0.25, 0.3) is 0 Å². The van der Waals surface area contributed by atoms with Crippen LogP contribution in [0.4, 0.5) is 13.2 Å². The van der Waals surface area contributed by atoms with E-state index in [-0.39, 0.29) is 17.9 Å². The van der Waals surface area contributed by atoms with Gasteiger partial charge in [-0.25, -0.2) is 0 Å². The smallest absolute Gasteiger partial charge is 0.416 e. The molecule has 0 saturated heterocycles. The highest BCUT2D eigenvalue weighted by molar-refractivity contribution is 5.84. The molecule has 31 heavy (non-hydrogen) atoms. The molecule has 0 spiro atoms. The lowest BCUT2D eigenvalue weighted by molar-refractivity contribution is -0.137. The number of carbonyl (C=O) groups is 1. The Kier molecular flexibility index (Phi) is 5.26. The summed E-state index contributed by atoms with van der Waals surface area (Å²) < 4.78 is 44.1. The molecular formula is C24H27F3N2O2. The van der Waals surface area contributed by atoms with Crippen molar-refractivity contribution in [2.24, 2.45) is 11.3 Å². The minimum absolute atomic E-state index is 0.112. The minimum atomic E-state index is -4.36. The quantitative estimate of drug-likeness (QED) is 0.634. The van der Waals surface area contributed by atoms with E-state index in [1.807, 2.05) is 26.0 Å². The van der Waals surface area contributed by atoms with Crippen molar-refractivity contribution in [1.82, 2.24) is 10.3 Å². The average Bonchev–Trinajstić information content (AvgIpc) is 3.64. The molecular weight excluding hydrogens is 405 g/mol. The monoisotopic (exact) mass is 432 g/mol. The molecule has 0 radical (unpaired) electrons. The highest BCUT2D eigenvalue weighted by Crippen LogP contribution is 2.54. The van der Waals surface area contributed by atoms with Crippen LogP contribution >= 0.6 is 0 Å². The lowest BCUT2D eigenvalue weighted by atomic mass is 9.94. The zero-order valence-corrected chi connectivity index (χ0v) is 17.9. The van der Waals surface area contributed by atoms with E-state index in [2.05, 4.69) is 17.2 Å². The topological polar surface area (TPSA) is 51.2 Å². The fourth-order valence-electron chi connectivity index (χ4n) is 3.84. The molecule has 4 rings (SSSR count). The number of hydrogen-bond acceptors (Lipinski definition) is 3. The molecule has 1 heterocycles. The van der Waals surface area contributed by atoms with Crippen LogP contribution in [0.5, 0.6) is 5.75 Å². The molecule has 0 aliphatic heterocycles. The van der Waals surface area contributed by atoms with Crippen LogP contribution in [0, 0.1) is 11.3 Å². The van der Waals surface area contributed by atoms with Crippen molar-refractivity contribution >= 4 is 5.91 Å². The fraction of sp³-hybridized carbons (Fsp3) is 0.500. The second-order valence-electron chi connectivity index (χ2n) is 9.50. The Balaban J connectivity index is 1.33. The lowest BCUT2D eigenvalue weighted by Crippen LogP contribution is -2.30. The number of rotatable bonds is 7. The number of carbonyl (C=O) groups excluding carboxylic acids is 1. The molecule has 7 heteroatoms. The molecule has 0 unspecified atom stereocenters. The van der Waals surface area contributed by atoms with Crippen molar-refractivity contribution in [3.63, 3.8) is 0 Å². The summed E-state index contributed by atoms with van der Waals surface area (Å²) in [6, 6.07) is 8.53. The van der Waals surface area contributed by atoms with Crippen molar-refractivity contribution in [2.75, 3.05) is 6.61 Å². The predicted octanol–water partition coefficient (Wildman–Crippen LogP) is 5.43. The SMILES string of the molecule is C[C@@H](NC(=O)[C@H]1C[C@]1(C)c1ccc(C(F)(F)F)cc1)c1ccc(OCC2(C)CC2)cn1. The van der Waals surface area contributed by atoms with Gasteiger partial charge in [-0.2, -0.15) is 13.2 Å². The van der Waals surface area contributed by atoms with Crippen molar-refractivity contribution in [3.05, 3.63) is 59.4 Å². The van der Waals surface area contributed by atoms with Crippen LogP contribution in [-0.2, 0) is 16.4 Å². The first-order valence-corrected chi connectivity index (χ1v) is 10.6. The van der Waals surface area contributed by atoms with Gasteiger partial charge in [0.15, 0.2) is 0 Å². The largest absolute Gasteiger partial charge is 0.491 e. The molecule has 4 nitrogen and oxygen atoms in total. The summed E-state index contributed by atoms with van der Waals surface area (Å²) in [5, 5.41) is 2.98. The zero-order valence-electron chi connectivity index (χ0n) is 17.9. The summed E-state index contributed by atoms with van der Waals surface area (Å²) in [4.78, 5) is 17.2. The number of alkyl halides is 3. The number of ether oxygens (including phenoxy) is 1. The molecule has 1 aromatic heterocycles. The summed E-state index contributed by atoms with van der Waals surface area (Å²) in [5.74, 6) is 0.333. The molecule has 1 aromatic carbocycles. The maximum atomic E-state index is 12.8. The molecule has 2 fully saturated rings.